The maximum atomic E-state index is 11.3. The predicted molar refractivity (Wildman–Crippen MR) is 68.0 cm³/mol. The molecule has 0 saturated carbocycles. The molecule has 1 heterocycles. The maximum absolute atomic E-state index is 11.3. The fourth-order valence-corrected chi connectivity index (χ4v) is 1.56. The van der Waals surface area contributed by atoms with E-state index in [1.807, 2.05) is 36.4 Å². The Morgan fingerprint density at radius 1 is 1.42 bits per heavy atom. The molecule has 19 heavy (non-hydrogen) atoms. The van der Waals surface area contributed by atoms with Crippen molar-refractivity contribution in [1.29, 1.82) is 5.26 Å². The molecule has 1 amide bonds. The third kappa shape index (κ3) is 2.94. The van der Waals surface area contributed by atoms with Gasteiger partial charge in [0.2, 0.25) is 11.6 Å². The number of amides is 1. The molecule has 0 aliphatic rings. The van der Waals surface area contributed by atoms with Crippen LogP contribution < -0.4 is 11.1 Å². The highest BCUT2D eigenvalue weighted by Crippen LogP contribution is 2.13. The van der Waals surface area contributed by atoms with Crippen molar-refractivity contribution in [2.45, 2.75) is 6.54 Å². The lowest BCUT2D eigenvalue weighted by molar-refractivity contribution is -0.114. The van der Waals surface area contributed by atoms with Crippen molar-refractivity contribution in [3.63, 3.8) is 0 Å². The average Bonchev–Trinajstić information content (AvgIpc) is 2.82. The molecular formula is C12H12N6O. The van der Waals surface area contributed by atoms with Gasteiger partial charge in [-0.1, -0.05) is 35.5 Å². The van der Waals surface area contributed by atoms with Crippen LogP contribution in [0, 0.1) is 11.3 Å². The third-order valence-electron chi connectivity index (χ3n) is 2.46. The van der Waals surface area contributed by atoms with Gasteiger partial charge in [-0.15, -0.1) is 5.10 Å². The number of rotatable bonds is 4. The molecule has 0 unspecified atom stereocenters. The van der Waals surface area contributed by atoms with Gasteiger partial charge in [0.1, 0.15) is 6.07 Å². The molecule has 0 fully saturated rings. The molecule has 7 nitrogen and oxygen atoms in total. The summed E-state index contributed by atoms with van der Waals surface area (Å²) in [5.41, 5.74) is 6.29. The van der Waals surface area contributed by atoms with E-state index < -0.39 is 5.91 Å². The number of carbonyl (C=O) groups is 1. The molecule has 0 spiro atoms. The number of nitrogens with two attached hydrogens (primary N) is 1. The molecule has 0 bridgehead atoms. The van der Waals surface area contributed by atoms with Crippen molar-refractivity contribution in [3.8, 4) is 6.07 Å². The molecule has 0 aliphatic heterocycles. The van der Waals surface area contributed by atoms with Crippen LogP contribution in [0.15, 0.2) is 30.3 Å². The van der Waals surface area contributed by atoms with Crippen molar-refractivity contribution in [3.05, 3.63) is 41.6 Å². The molecule has 1 aromatic carbocycles. The van der Waals surface area contributed by atoms with Gasteiger partial charge in [-0.05, 0) is 5.56 Å². The molecule has 0 saturated heterocycles. The van der Waals surface area contributed by atoms with Crippen LogP contribution in [0.1, 0.15) is 11.3 Å². The topological polar surface area (TPSA) is 110 Å². The van der Waals surface area contributed by atoms with Gasteiger partial charge in [0, 0.05) is 0 Å². The van der Waals surface area contributed by atoms with Gasteiger partial charge >= 0.3 is 0 Å². The van der Waals surface area contributed by atoms with Gasteiger partial charge in [0.15, 0.2) is 5.82 Å². The van der Waals surface area contributed by atoms with Crippen LogP contribution in [0.3, 0.4) is 0 Å². The number of nitrogens with zero attached hydrogens (tertiary/aromatic N) is 4. The molecular weight excluding hydrogens is 244 g/mol. The number of benzene rings is 1. The summed E-state index contributed by atoms with van der Waals surface area (Å²) in [5.74, 6) is -0.130. The van der Waals surface area contributed by atoms with Crippen LogP contribution in [-0.4, -0.2) is 27.4 Å². The Hall–Kier alpha value is -2.72. The molecule has 2 aromatic rings. The van der Waals surface area contributed by atoms with Gasteiger partial charge < -0.3 is 11.1 Å². The first-order chi connectivity index (χ1) is 9.24. The maximum Gasteiger partial charge on any atom is 0.239 e. The largest absolute Gasteiger partial charge is 0.322 e. The zero-order valence-electron chi connectivity index (χ0n) is 10.1. The number of hydrogen-bond acceptors (Lipinski definition) is 5. The van der Waals surface area contributed by atoms with E-state index in [9.17, 15) is 4.79 Å². The smallest absolute Gasteiger partial charge is 0.239 e. The lowest BCUT2D eigenvalue weighted by Crippen LogP contribution is -2.24. The van der Waals surface area contributed by atoms with Crippen molar-refractivity contribution in [2.24, 2.45) is 5.73 Å². The second kappa shape index (κ2) is 5.75. The first kappa shape index (κ1) is 12.7. The lowest BCUT2D eigenvalue weighted by Gasteiger charge is -2.07. The number of nitrogens with one attached hydrogen (secondary N) is 1. The van der Waals surface area contributed by atoms with E-state index in [1.54, 1.807) is 0 Å². The number of aromatic nitrogens is 3. The van der Waals surface area contributed by atoms with E-state index in [1.165, 1.54) is 4.68 Å². The first-order valence-corrected chi connectivity index (χ1v) is 5.62. The fraction of sp³-hybridized carbons (Fsp3) is 0.167. The van der Waals surface area contributed by atoms with Crippen molar-refractivity contribution >= 4 is 11.7 Å². The van der Waals surface area contributed by atoms with Crippen LogP contribution >= 0.6 is 0 Å². The summed E-state index contributed by atoms with van der Waals surface area (Å²) < 4.78 is 1.46. The Morgan fingerprint density at radius 2 is 2.16 bits per heavy atom. The zero-order chi connectivity index (χ0) is 13.7. The van der Waals surface area contributed by atoms with Gasteiger partial charge in [0.05, 0.1) is 13.1 Å². The Morgan fingerprint density at radius 3 is 2.79 bits per heavy atom. The van der Waals surface area contributed by atoms with Crippen LogP contribution in [-0.2, 0) is 11.3 Å². The average molecular weight is 256 g/mol. The van der Waals surface area contributed by atoms with E-state index >= 15 is 0 Å². The van der Waals surface area contributed by atoms with E-state index in [0.29, 0.717) is 6.54 Å². The Bertz CT molecular complexity index is 613. The first-order valence-electron chi connectivity index (χ1n) is 5.62. The number of carbonyl (C=O) groups excluding carboxylic acids is 1. The van der Waals surface area contributed by atoms with Crippen molar-refractivity contribution in [2.75, 3.05) is 11.9 Å². The molecule has 0 aliphatic carbocycles. The molecule has 2 rings (SSSR count). The quantitative estimate of drug-likeness (QED) is 0.805. The lowest BCUT2D eigenvalue weighted by atomic mass is 10.2. The number of hydrogen-bond donors (Lipinski definition) is 2. The van der Waals surface area contributed by atoms with Gasteiger partial charge in [-0.3, -0.25) is 4.79 Å². The minimum absolute atomic E-state index is 0.0673. The van der Waals surface area contributed by atoms with Gasteiger partial charge in [-0.2, -0.15) is 5.26 Å². The highest BCUT2D eigenvalue weighted by atomic mass is 16.1. The van der Waals surface area contributed by atoms with E-state index in [2.05, 4.69) is 15.6 Å². The number of nitriles is 1. The summed E-state index contributed by atoms with van der Waals surface area (Å²) in [5, 5.41) is 19.0. The summed E-state index contributed by atoms with van der Waals surface area (Å²) in [4.78, 5) is 11.3. The van der Waals surface area contributed by atoms with Crippen LogP contribution in [0.5, 0.6) is 0 Å². The minimum Gasteiger partial charge on any atom is -0.322 e. The fourth-order valence-electron chi connectivity index (χ4n) is 1.56. The Balaban J connectivity index is 2.28. The van der Waals surface area contributed by atoms with E-state index in [0.717, 1.165) is 5.56 Å². The molecule has 0 radical (unpaired) electrons. The van der Waals surface area contributed by atoms with Crippen LogP contribution in [0.25, 0.3) is 0 Å². The van der Waals surface area contributed by atoms with Gasteiger partial charge in [-0.25, -0.2) is 4.68 Å². The van der Waals surface area contributed by atoms with E-state index in [-0.39, 0.29) is 18.1 Å². The number of anilines is 1. The summed E-state index contributed by atoms with van der Waals surface area (Å²) in [6, 6.07) is 11.4. The van der Waals surface area contributed by atoms with Crippen LogP contribution in [0.2, 0.25) is 0 Å². The van der Waals surface area contributed by atoms with Crippen molar-refractivity contribution < 1.29 is 4.79 Å². The molecule has 96 valence electrons. The minimum atomic E-state index is -0.395. The van der Waals surface area contributed by atoms with Gasteiger partial charge in [0.25, 0.3) is 0 Å². The summed E-state index contributed by atoms with van der Waals surface area (Å²) in [7, 11) is 0. The summed E-state index contributed by atoms with van der Waals surface area (Å²) in [6.07, 6.45) is 0. The summed E-state index contributed by atoms with van der Waals surface area (Å²) >= 11 is 0. The molecule has 3 N–H and O–H groups in total. The second-order valence-electron chi connectivity index (χ2n) is 3.79. The zero-order valence-corrected chi connectivity index (χ0v) is 10.1. The van der Waals surface area contributed by atoms with E-state index in [4.69, 9.17) is 11.0 Å². The Labute approximate surface area is 109 Å². The third-order valence-corrected chi connectivity index (χ3v) is 2.46. The monoisotopic (exact) mass is 256 g/mol. The normalized spacial score (nSPS) is 9.89. The highest BCUT2D eigenvalue weighted by Gasteiger charge is 2.14. The molecule has 7 heteroatoms. The molecule has 1 aromatic heterocycles. The Kier molecular flexibility index (Phi) is 3.85. The highest BCUT2D eigenvalue weighted by molar-refractivity contribution is 5.92. The standard InChI is InChI=1S/C12H12N6O/c13-6-10-12(15-11(19)7-14)18(17-16-10)8-9-4-2-1-3-5-9/h1-5H,7-8,14H2,(H,15,19). The second-order valence-corrected chi connectivity index (χ2v) is 3.79. The van der Waals surface area contributed by atoms with Crippen LogP contribution in [0.4, 0.5) is 5.82 Å². The van der Waals surface area contributed by atoms with Crippen molar-refractivity contribution in [1.82, 2.24) is 15.0 Å². The predicted octanol–water partition coefficient (Wildman–Crippen LogP) is 0.0953. The summed E-state index contributed by atoms with van der Waals surface area (Å²) in [6.45, 7) is 0.247. The SMILES string of the molecule is N#Cc1nnn(Cc2ccccc2)c1NC(=O)CN. The molecule has 0 atom stereocenters.